The van der Waals surface area contributed by atoms with Crippen LogP contribution in [0.15, 0.2) is 30.3 Å². The number of nitrogens with one attached hydrogen (secondary N) is 2. The first-order chi connectivity index (χ1) is 13.3. The minimum Gasteiger partial charge on any atom is -0.497 e. The number of urea groups is 1. The van der Waals surface area contributed by atoms with Crippen LogP contribution in [0.4, 0.5) is 10.5 Å². The van der Waals surface area contributed by atoms with Crippen LogP contribution in [-0.2, 0) is 16.8 Å². The molecule has 0 spiro atoms. The number of benzene rings is 1. The van der Waals surface area contributed by atoms with Gasteiger partial charge >= 0.3 is 6.03 Å². The number of H-pyrrole nitrogens is 1. The molecule has 1 fully saturated rings. The van der Waals surface area contributed by atoms with Crippen molar-refractivity contribution in [2.75, 3.05) is 31.6 Å². The van der Waals surface area contributed by atoms with E-state index in [-0.39, 0.29) is 23.9 Å². The van der Waals surface area contributed by atoms with E-state index in [1.807, 2.05) is 30.3 Å². The average molecular weight is 385 g/mol. The van der Waals surface area contributed by atoms with Crippen LogP contribution in [0.1, 0.15) is 32.2 Å². The van der Waals surface area contributed by atoms with Crippen LogP contribution in [0.3, 0.4) is 0 Å². The third kappa shape index (κ3) is 4.44. The highest BCUT2D eigenvalue weighted by Gasteiger charge is 2.28. The zero-order valence-corrected chi connectivity index (χ0v) is 16.8. The topological polar surface area (TPSA) is 90.6 Å². The van der Waals surface area contributed by atoms with E-state index >= 15 is 0 Å². The first kappa shape index (κ1) is 19.7. The van der Waals surface area contributed by atoms with E-state index in [4.69, 9.17) is 4.74 Å². The lowest BCUT2D eigenvalue weighted by Gasteiger charge is -2.34. The van der Waals surface area contributed by atoms with Crippen molar-refractivity contribution in [2.24, 2.45) is 0 Å². The van der Waals surface area contributed by atoms with Gasteiger partial charge in [0.25, 0.3) is 0 Å². The summed E-state index contributed by atoms with van der Waals surface area (Å²) in [6, 6.07) is 9.05. The predicted molar refractivity (Wildman–Crippen MR) is 106 cm³/mol. The molecule has 0 aliphatic carbocycles. The van der Waals surface area contributed by atoms with Gasteiger partial charge in [0.05, 0.1) is 25.0 Å². The molecule has 2 N–H and O–H groups in total. The molecule has 28 heavy (non-hydrogen) atoms. The Kier molecular flexibility index (Phi) is 5.58. The zero-order valence-electron chi connectivity index (χ0n) is 16.8. The molecule has 1 aromatic heterocycles. The molecule has 0 bridgehead atoms. The summed E-state index contributed by atoms with van der Waals surface area (Å²) in [6.07, 6.45) is 0. The third-order valence-corrected chi connectivity index (χ3v) is 4.70. The molecule has 1 aromatic carbocycles. The van der Waals surface area contributed by atoms with Gasteiger partial charge in [-0.25, -0.2) is 4.79 Å². The molecule has 3 amide bonds. The number of nitrogens with zero attached hydrogens (tertiary/aromatic N) is 3. The third-order valence-electron chi connectivity index (χ3n) is 4.70. The summed E-state index contributed by atoms with van der Waals surface area (Å²) in [5, 5.41) is 10.1. The molecule has 1 saturated heterocycles. The van der Waals surface area contributed by atoms with Crippen LogP contribution < -0.4 is 15.0 Å². The Bertz CT molecular complexity index is 856. The van der Waals surface area contributed by atoms with E-state index < -0.39 is 0 Å². The van der Waals surface area contributed by atoms with Crippen molar-refractivity contribution in [3.8, 4) is 5.75 Å². The highest BCUT2D eigenvalue weighted by Crippen LogP contribution is 2.23. The summed E-state index contributed by atoms with van der Waals surface area (Å²) in [4.78, 5) is 28.2. The Morgan fingerprint density at radius 3 is 2.71 bits per heavy atom. The Morgan fingerprint density at radius 2 is 2.07 bits per heavy atom. The van der Waals surface area contributed by atoms with Crippen molar-refractivity contribution < 1.29 is 14.3 Å². The summed E-state index contributed by atoms with van der Waals surface area (Å²) in [6.45, 7) is 7.53. The maximum Gasteiger partial charge on any atom is 0.318 e. The highest BCUT2D eigenvalue weighted by molar-refractivity contribution is 5.97. The van der Waals surface area contributed by atoms with Crippen molar-refractivity contribution in [2.45, 2.75) is 32.7 Å². The van der Waals surface area contributed by atoms with Gasteiger partial charge in [0.15, 0.2) is 0 Å². The second-order valence-electron chi connectivity index (χ2n) is 7.86. The molecule has 3 rings (SSSR count). The van der Waals surface area contributed by atoms with Gasteiger partial charge in [-0.05, 0) is 18.2 Å². The summed E-state index contributed by atoms with van der Waals surface area (Å²) >= 11 is 0. The molecule has 2 aromatic rings. The lowest BCUT2D eigenvalue weighted by Crippen LogP contribution is -2.54. The van der Waals surface area contributed by atoms with Crippen molar-refractivity contribution in [1.82, 2.24) is 20.4 Å². The van der Waals surface area contributed by atoms with E-state index in [1.54, 1.807) is 12.0 Å². The van der Waals surface area contributed by atoms with Crippen molar-refractivity contribution >= 4 is 17.6 Å². The van der Waals surface area contributed by atoms with Crippen molar-refractivity contribution in [1.29, 1.82) is 0 Å². The quantitative estimate of drug-likeness (QED) is 0.845. The van der Waals surface area contributed by atoms with E-state index in [9.17, 15) is 9.59 Å². The molecule has 1 aliphatic rings. The molecular weight excluding hydrogens is 358 g/mol. The normalized spacial score (nSPS) is 14.9. The largest absolute Gasteiger partial charge is 0.497 e. The van der Waals surface area contributed by atoms with E-state index in [2.05, 4.69) is 36.3 Å². The van der Waals surface area contributed by atoms with E-state index in [0.29, 0.717) is 25.4 Å². The molecule has 150 valence electrons. The maximum atomic E-state index is 12.5. The minimum atomic E-state index is -0.259. The Labute approximate surface area is 164 Å². The molecular formula is C20H27N5O3. The molecule has 1 aliphatic heterocycles. The molecule has 0 atom stereocenters. The molecule has 0 radical (unpaired) electrons. The number of hydrogen-bond acceptors (Lipinski definition) is 4. The van der Waals surface area contributed by atoms with Gasteiger partial charge in [0.2, 0.25) is 5.91 Å². The van der Waals surface area contributed by atoms with Gasteiger partial charge in [-0.1, -0.05) is 26.8 Å². The number of rotatable bonds is 4. The highest BCUT2D eigenvalue weighted by atomic mass is 16.5. The number of methoxy groups -OCH3 is 1. The standard InChI is InChI=1S/C20H27N5O3/c1-20(2,3)17-10-14(22-23-17)12-21-19(27)24-8-9-25(18(26)13-24)15-6-5-7-16(11-15)28-4/h5-7,10-11H,8-9,12-13H2,1-4H3,(H,21,27)(H,22,23). The van der Waals surface area contributed by atoms with Crippen LogP contribution in [0.25, 0.3) is 0 Å². The van der Waals surface area contributed by atoms with Crippen LogP contribution >= 0.6 is 0 Å². The predicted octanol–water partition coefficient (Wildman–Crippen LogP) is 2.27. The molecule has 8 nitrogen and oxygen atoms in total. The summed E-state index contributed by atoms with van der Waals surface area (Å²) in [5.74, 6) is 0.575. The lowest BCUT2D eigenvalue weighted by atomic mass is 9.92. The second-order valence-corrected chi connectivity index (χ2v) is 7.86. The Balaban J connectivity index is 1.55. The van der Waals surface area contributed by atoms with Gasteiger partial charge in [-0.2, -0.15) is 5.10 Å². The zero-order chi connectivity index (χ0) is 20.3. The number of carbonyl (C=O) groups is 2. The monoisotopic (exact) mass is 385 g/mol. The molecule has 0 unspecified atom stereocenters. The Hall–Kier alpha value is -3.03. The average Bonchev–Trinajstić information content (AvgIpc) is 3.15. The van der Waals surface area contributed by atoms with Gasteiger partial charge in [-0.3, -0.25) is 9.89 Å². The summed E-state index contributed by atoms with van der Waals surface area (Å²) < 4.78 is 5.22. The first-order valence-electron chi connectivity index (χ1n) is 9.30. The molecule has 0 saturated carbocycles. The summed E-state index contributed by atoms with van der Waals surface area (Å²) in [7, 11) is 1.59. The number of ether oxygens (including phenoxy) is 1. The van der Waals surface area contributed by atoms with E-state index in [1.165, 1.54) is 4.90 Å². The smallest absolute Gasteiger partial charge is 0.318 e. The van der Waals surface area contributed by atoms with Gasteiger partial charge in [0, 0.05) is 30.3 Å². The number of amides is 3. The fraction of sp³-hybridized carbons (Fsp3) is 0.450. The van der Waals surface area contributed by atoms with Crippen LogP contribution in [0.5, 0.6) is 5.75 Å². The fourth-order valence-electron chi connectivity index (χ4n) is 3.02. The number of piperazine rings is 1. The van der Waals surface area contributed by atoms with Crippen LogP contribution in [0, 0.1) is 0 Å². The number of aromatic amines is 1. The number of anilines is 1. The summed E-state index contributed by atoms with van der Waals surface area (Å²) in [5.41, 5.74) is 2.50. The Morgan fingerprint density at radius 1 is 1.29 bits per heavy atom. The van der Waals surface area contributed by atoms with Crippen molar-refractivity contribution in [3.63, 3.8) is 0 Å². The van der Waals surface area contributed by atoms with Gasteiger partial charge in [-0.15, -0.1) is 0 Å². The minimum absolute atomic E-state index is 0.0409. The lowest BCUT2D eigenvalue weighted by molar-refractivity contribution is -0.120. The van der Waals surface area contributed by atoms with Crippen LogP contribution in [-0.4, -0.2) is 53.8 Å². The SMILES string of the molecule is COc1cccc(N2CCN(C(=O)NCc3cc(C(C)(C)C)n[nH]3)CC2=O)c1. The van der Waals surface area contributed by atoms with Crippen molar-refractivity contribution in [3.05, 3.63) is 41.7 Å². The van der Waals surface area contributed by atoms with Gasteiger partial charge in [0.1, 0.15) is 12.3 Å². The van der Waals surface area contributed by atoms with E-state index in [0.717, 1.165) is 17.1 Å². The number of aromatic nitrogens is 2. The van der Waals surface area contributed by atoms with Crippen LogP contribution in [0.2, 0.25) is 0 Å². The number of hydrogen-bond donors (Lipinski definition) is 2. The second kappa shape index (κ2) is 7.92. The van der Waals surface area contributed by atoms with Gasteiger partial charge < -0.3 is 19.9 Å². The molecule has 2 heterocycles. The maximum absolute atomic E-state index is 12.5. The number of carbonyl (C=O) groups excluding carboxylic acids is 2. The molecule has 8 heteroatoms. The fourth-order valence-corrected chi connectivity index (χ4v) is 3.02. The first-order valence-corrected chi connectivity index (χ1v) is 9.30.